The van der Waals surface area contributed by atoms with Gasteiger partial charge in [-0.15, -0.1) is 0 Å². The summed E-state index contributed by atoms with van der Waals surface area (Å²) in [5.74, 6) is 1.29. The number of nitrogens with zero attached hydrogens (tertiary/aromatic N) is 4. The molecule has 3 heterocycles. The van der Waals surface area contributed by atoms with Crippen molar-refractivity contribution in [3.63, 3.8) is 0 Å². The normalized spacial score (nSPS) is 14.9. The van der Waals surface area contributed by atoms with Crippen LogP contribution >= 0.6 is 0 Å². The van der Waals surface area contributed by atoms with Crippen molar-refractivity contribution in [3.05, 3.63) is 78.6 Å². The second-order valence-corrected chi connectivity index (χ2v) is 7.36. The predicted molar refractivity (Wildman–Crippen MR) is 107 cm³/mol. The minimum absolute atomic E-state index is 0.0501. The molecule has 1 amide bonds. The van der Waals surface area contributed by atoms with E-state index in [0.29, 0.717) is 11.5 Å². The molecule has 1 saturated carbocycles. The molecule has 1 aliphatic rings. The number of benzene rings is 1. The van der Waals surface area contributed by atoms with Gasteiger partial charge in [0.15, 0.2) is 0 Å². The number of nitrogens with one attached hydrogen (secondary N) is 1. The molecule has 0 unspecified atom stereocenters. The van der Waals surface area contributed by atoms with Crippen LogP contribution in [-0.2, 0) is 7.05 Å². The topological polar surface area (TPSA) is 64.2 Å². The molecule has 5 rings (SSSR count). The number of carbonyl (C=O) groups is 1. The summed E-state index contributed by atoms with van der Waals surface area (Å²) in [7, 11) is 1.96. The monoisotopic (exact) mass is 371 g/mol. The minimum Gasteiger partial charge on any atom is -0.342 e. The maximum absolute atomic E-state index is 12.9. The van der Waals surface area contributed by atoms with Crippen LogP contribution in [0.1, 0.15) is 35.1 Å². The van der Waals surface area contributed by atoms with E-state index in [2.05, 4.69) is 15.3 Å². The average molecular weight is 371 g/mol. The van der Waals surface area contributed by atoms with Crippen molar-refractivity contribution in [2.75, 3.05) is 0 Å². The molecule has 0 spiro atoms. The molecule has 140 valence electrons. The van der Waals surface area contributed by atoms with Crippen LogP contribution in [0.4, 0.5) is 0 Å². The average Bonchev–Trinajstić information content (AvgIpc) is 3.33. The highest BCUT2D eigenvalue weighted by Gasteiger charge is 2.35. The molecule has 3 aromatic heterocycles. The van der Waals surface area contributed by atoms with Gasteiger partial charge in [0.2, 0.25) is 0 Å². The summed E-state index contributed by atoms with van der Waals surface area (Å²) in [4.78, 5) is 22.0. The molecule has 6 heteroatoms. The van der Waals surface area contributed by atoms with Gasteiger partial charge in [-0.2, -0.15) is 0 Å². The van der Waals surface area contributed by atoms with Crippen LogP contribution < -0.4 is 5.32 Å². The Balaban J connectivity index is 1.42. The number of aromatic nitrogens is 4. The molecule has 1 aromatic carbocycles. The highest BCUT2D eigenvalue weighted by molar-refractivity contribution is 5.94. The molecule has 0 saturated heterocycles. The molecule has 1 N–H and O–H groups in total. The quantitative estimate of drug-likeness (QED) is 0.583. The molecule has 6 nitrogen and oxygen atoms in total. The van der Waals surface area contributed by atoms with Crippen LogP contribution in [0.2, 0.25) is 0 Å². The van der Waals surface area contributed by atoms with Crippen LogP contribution in [0.15, 0.2) is 67.3 Å². The molecular formula is C22H21N5O. The summed E-state index contributed by atoms with van der Waals surface area (Å²) in [5, 5.41) is 3.19. The molecule has 4 aromatic rings. The van der Waals surface area contributed by atoms with Crippen LogP contribution in [-0.4, -0.2) is 24.8 Å². The van der Waals surface area contributed by atoms with E-state index in [0.717, 1.165) is 35.6 Å². The number of hydrogen-bond acceptors (Lipinski definition) is 3. The van der Waals surface area contributed by atoms with Crippen molar-refractivity contribution in [2.24, 2.45) is 13.0 Å². The van der Waals surface area contributed by atoms with Gasteiger partial charge in [-0.1, -0.05) is 30.3 Å². The first-order chi connectivity index (χ1) is 13.7. The lowest BCUT2D eigenvalue weighted by Crippen LogP contribution is -2.31. The molecule has 0 radical (unpaired) electrons. The van der Waals surface area contributed by atoms with E-state index in [9.17, 15) is 4.79 Å². The Morgan fingerprint density at radius 3 is 2.68 bits per heavy atom. The molecule has 28 heavy (non-hydrogen) atoms. The van der Waals surface area contributed by atoms with Gasteiger partial charge >= 0.3 is 0 Å². The molecule has 1 aliphatic carbocycles. The summed E-state index contributed by atoms with van der Waals surface area (Å²) in [6.45, 7) is 0. The fraction of sp³-hybridized carbons (Fsp3) is 0.227. The zero-order chi connectivity index (χ0) is 19.1. The van der Waals surface area contributed by atoms with Gasteiger partial charge in [-0.3, -0.25) is 4.79 Å². The van der Waals surface area contributed by atoms with Gasteiger partial charge in [0, 0.05) is 37.4 Å². The van der Waals surface area contributed by atoms with Crippen LogP contribution in [0.3, 0.4) is 0 Å². The second-order valence-electron chi connectivity index (χ2n) is 7.36. The minimum atomic E-state index is -0.0863. The maximum Gasteiger partial charge on any atom is 0.253 e. The Morgan fingerprint density at radius 1 is 1.14 bits per heavy atom. The molecule has 1 fully saturated rings. The van der Waals surface area contributed by atoms with Gasteiger partial charge < -0.3 is 14.3 Å². The van der Waals surface area contributed by atoms with E-state index in [1.807, 2.05) is 77.1 Å². The molecule has 0 aliphatic heterocycles. The number of pyridine rings is 1. The third-order valence-electron chi connectivity index (χ3n) is 5.30. The van der Waals surface area contributed by atoms with E-state index < -0.39 is 0 Å². The first-order valence-corrected chi connectivity index (χ1v) is 9.51. The van der Waals surface area contributed by atoms with Crippen molar-refractivity contribution < 1.29 is 4.79 Å². The van der Waals surface area contributed by atoms with Gasteiger partial charge in [0.05, 0.1) is 17.3 Å². The molecule has 0 bridgehead atoms. The van der Waals surface area contributed by atoms with Crippen LogP contribution in [0, 0.1) is 5.92 Å². The third-order valence-corrected chi connectivity index (χ3v) is 5.30. The standard InChI is InChI=1S/C22H21N5O/c1-26-12-11-23-21(26)20(16-7-8-16)25-22(28)17-9-10-19-24-18(14-27(19)13-17)15-5-3-2-4-6-15/h2-6,9-14,16,20H,7-8H2,1H3,(H,25,28)/t20-/m0/s1. The number of fused-ring (bicyclic) bond motifs is 1. The van der Waals surface area contributed by atoms with Gasteiger partial charge in [-0.05, 0) is 30.9 Å². The molecular weight excluding hydrogens is 350 g/mol. The van der Waals surface area contributed by atoms with E-state index >= 15 is 0 Å². The van der Waals surface area contributed by atoms with Crippen molar-refractivity contribution in [3.8, 4) is 11.3 Å². The number of hydrogen-bond donors (Lipinski definition) is 1. The summed E-state index contributed by atoms with van der Waals surface area (Å²) in [6, 6.07) is 13.7. The fourth-order valence-electron chi connectivity index (χ4n) is 3.60. The van der Waals surface area contributed by atoms with Crippen molar-refractivity contribution in [1.29, 1.82) is 0 Å². The van der Waals surface area contributed by atoms with E-state index in [1.165, 1.54) is 0 Å². The van der Waals surface area contributed by atoms with Crippen LogP contribution in [0.5, 0.6) is 0 Å². The largest absolute Gasteiger partial charge is 0.342 e. The summed E-state index contributed by atoms with van der Waals surface area (Å²) < 4.78 is 3.89. The Bertz CT molecular complexity index is 1140. The highest BCUT2D eigenvalue weighted by Crippen LogP contribution is 2.40. The summed E-state index contributed by atoms with van der Waals surface area (Å²) in [6.07, 6.45) is 9.74. The lowest BCUT2D eigenvalue weighted by Gasteiger charge is -2.18. The maximum atomic E-state index is 12.9. The van der Waals surface area contributed by atoms with Gasteiger partial charge in [-0.25, -0.2) is 9.97 Å². The lowest BCUT2D eigenvalue weighted by molar-refractivity contribution is 0.0928. The van der Waals surface area contributed by atoms with Gasteiger partial charge in [0.25, 0.3) is 5.91 Å². The zero-order valence-corrected chi connectivity index (χ0v) is 15.6. The summed E-state index contributed by atoms with van der Waals surface area (Å²) >= 11 is 0. The first kappa shape index (κ1) is 16.7. The number of rotatable bonds is 5. The van der Waals surface area contributed by atoms with Crippen molar-refractivity contribution in [1.82, 2.24) is 24.3 Å². The van der Waals surface area contributed by atoms with Crippen LogP contribution in [0.25, 0.3) is 16.9 Å². The summed E-state index contributed by atoms with van der Waals surface area (Å²) in [5.41, 5.74) is 3.38. The second kappa shape index (κ2) is 6.64. The van der Waals surface area contributed by atoms with Gasteiger partial charge in [0.1, 0.15) is 11.5 Å². The Labute approximate surface area is 162 Å². The Hall–Kier alpha value is -3.41. The van der Waals surface area contributed by atoms with Crippen molar-refractivity contribution in [2.45, 2.75) is 18.9 Å². The predicted octanol–water partition coefficient (Wildman–Crippen LogP) is 3.62. The highest BCUT2D eigenvalue weighted by atomic mass is 16.1. The Morgan fingerprint density at radius 2 is 1.96 bits per heavy atom. The number of aryl methyl sites for hydroxylation is 1. The number of amides is 1. The Kier molecular flexibility index (Phi) is 3.97. The van der Waals surface area contributed by atoms with Crippen molar-refractivity contribution >= 4 is 11.6 Å². The SMILES string of the molecule is Cn1ccnc1[C@@H](NC(=O)c1ccc2nc(-c3ccccc3)cn2c1)C1CC1. The lowest BCUT2D eigenvalue weighted by atomic mass is 10.1. The third kappa shape index (κ3) is 3.07. The number of carbonyl (C=O) groups excluding carboxylic acids is 1. The van der Waals surface area contributed by atoms with E-state index in [4.69, 9.17) is 0 Å². The van der Waals surface area contributed by atoms with E-state index in [-0.39, 0.29) is 11.9 Å². The number of imidazole rings is 2. The first-order valence-electron chi connectivity index (χ1n) is 9.51. The van der Waals surface area contributed by atoms with E-state index in [1.54, 1.807) is 6.20 Å². The zero-order valence-electron chi connectivity index (χ0n) is 15.6. The molecule has 1 atom stereocenters. The smallest absolute Gasteiger partial charge is 0.253 e. The fourth-order valence-corrected chi connectivity index (χ4v) is 3.60.